The van der Waals surface area contributed by atoms with Crippen molar-refractivity contribution >= 4 is 16.9 Å². The van der Waals surface area contributed by atoms with Gasteiger partial charge in [0.05, 0.1) is 23.9 Å². The van der Waals surface area contributed by atoms with Crippen LogP contribution < -0.4 is 5.56 Å². The maximum atomic E-state index is 12.9. The number of benzene rings is 1. The number of rotatable bonds is 3. The highest BCUT2D eigenvalue weighted by Crippen LogP contribution is 2.29. The van der Waals surface area contributed by atoms with E-state index >= 15 is 0 Å². The molecule has 152 valence electrons. The first-order chi connectivity index (χ1) is 14.3. The Bertz CT molecular complexity index is 1450. The SMILES string of the molecule is Cn1c(=O)c2[nH]c(-c3cnn(Cc4cccc(C(F)(F)F)c4)c3)nc2n2ccnc12. The third kappa shape index (κ3) is 2.86. The van der Waals surface area contributed by atoms with E-state index in [1.807, 2.05) is 0 Å². The molecule has 30 heavy (non-hydrogen) atoms. The summed E-state index contributed by atoms with van der Waals surface area (Å²) >= 11 is 0. The van der Waals surface area contributed by atoms with Gasteiger partial charge in [-0.05, 0) is 17.7 Å². The van der Waals surface area contributed by atoms with Crippen molar-refractivity contribution in [1.82, 2.24) is 33.7 Å². The number of fused-ring (bicyclic) bond motifs is 3. The lowest BCUT2D eigenvalue weighted by molar-refractivity contribution is -0.137. The standard InChI is InChI=1S/C19H14F3N7O/c1-27-17(30)14-16(29-6-5-23-18(27)29)26-15(25-14)12-8-24-28(10-12)9-11-3-2-4-13(7-11)19(20,21)22/h2-8,10H,9H2,1H3,(H,25,26). The lowest BCUT2D eigenvalue weighted by atomic mass is 10.1. The van der Waals surface area contributed by atoms with Gasteiger partial charge in [0.2, 0.25) is 5.78 Å². The summed E-state index contributed by atoms with van der Waals surface area (Å²) in [6.07, 6.45) is 2.09. The molecule has 0 aliphatic heterocycles. The van der Waals surface area contributed by atoms with E-state index in [0.717, 1.165) is 12.1 Å². The van der Waals surface area contributed by atoms with Crippen molar-refractivity contribution in [2.24, 2.45) is 7.05 Å². The van der Waals surface area contributed by atoms with Gasteiger partial charge in [-0.3, -0.25) is 18.4 Å². The molecule has 0 aliphatic rings. The van der Waals surface area contributed by atoms with Gasteiger partial charge < -0.3 is 4.98 Å². The molecule has 0 aliphatic carbocycles. The third-order valence-electron chi connectivity index (χ3n) is 4.86. The van der Waals surface area contributed by atoms with Gasteiger partial charge in [0, 0.05) is 25.6 Å². The fraction of sp³-hybridized carbons (Fsp3) is 0.158. The average Bonchev–Trinajstić information content (AvgIpc) is 3.44. The maximum Gasteiger partial charge on any atom is 0.416 e. The fourth-order valence-electron chi connectivity index (χ4n) is 3.40. The van der Waals surface area contributed by atoms with E-state index in [1.165, 1.54) is 15.3 Å². The molecule has 8 nitrogen and oxygen atoms in total. The summed E-state index contributed by atoms with van der Waals surface area (Å²) in [5.74, 6) is 0.893. The summed E-state index contributed by atoms with van der Waals surface area (Å²) in [5.41, 5.74) is 0.866. The Labute approximate surface area is 166 Å². The van der Waals surface area contributed by atoms with E-state index in [2.05, 4.69) is 20.1 Å². The van der Waals surface area contributed by atoms with Crippen LogP contribution in [0.3, 0.4) is 0 Å². The molecule has 0 spiro atoms. The highest BCUT2D eigenvalue weighted by molar-refractivity contribution is 5.77. The topological polar surface area (TPSA) is 85.8 Å². The van der Waals surface area contributed by atoms with Gasteiger partial charge in [-0.2, -0.15) is 18.3 Å². The van der Waals surface area contributed by atoms with Crippen molar-refractivity contribution in [3.8, 4) is 11.4 Å². The Kier molecular flexibility index (Phi) is 3.82. The number of nitrogens with one attached hydrogen (secondary N) is 1. The van der Waals surface area contributed by atoms with E-state index in [0.29, 0.717) is 33.9 Å². The molecule has 0 radical (unpaired) electrons. The molecule has 0 unspecified atom stereocenters. The van der Waals surface area contributed by atoms with E-state index in [4.69, 9.17) is 0 Å². The summed E-state index contributed by atoms with van der Waals surface area (Å²) in [7, 11) is 1.62. The van der Waals surface area contributed by atoms with Gasteiger partial charge >= 0.3 is 6.18 Å². The van der Waals surface area contributed by atoms with E-state index < -0.39 is 11.7 Å². The summed E-state index contributed by atoms with van der Waals surface area (Å²) in [6.45, 7) is 0.164. The minimum absolute atomic E-state index is 0.164. The number of H-pyrrole nitrogens is 1. The van der Waals surface area contributed by atoms with Crippen molar-refractivity contribution in [2.45, 2.75) is 12.7 Å². The first-order valence-corrected chi connectivity index (χ1v) is 8.92. The number of imidazole rings is 2. The molecule has 0 fully saturated rings. The number of nitrogens with zero attached hydrogens (tertiary/aromatic N) is 6. The number of aryl methyl sites for hydroxylation is 1. The zero-order valence-corrected chi connectivity index (χ0v) is 15.6. The monoisotopic (exact) mass is 413 g/mol. The van der Waals surface area contributed by atoms with Crippen LogP contribution in [0, 0.1) is 0 Å². The lowest BCUT2D eigenvalue weighted by Crippen LogP contribution is -2.19. The zero-order valence-electron chi connectivity index (χ0n) is 15.6. The Morgan fingerprint density at radius 2 is 2.07 bits per heavy atom. The molecule has 5 rings (SSSR count). The highest BCUT2D eigenvalue weighted by atomic mass is 19.4. The number of aromatic amines is 1. The fourth-order valence-corrected chi connectivity index (χ4v) is 3.40. The van der Waals surface area contributed by atoms with Crippen LogP contribution in [0.5, 0.6) is 0 Å². The van der Waals surface area contributed by atoms with Crippen molar-refractivity contribution < 1.29 is 13.2 Å². The zero-order chi connectivity index (χ0) is 21.0. The largest absolute Gasteiger partial charge is 0.416 e. The number of alkyl halides is 3. The van der Waals surface area contributed by atoms with E-state index in [1.54, 1.807) is 42.3 Å². The minimum atomic E-state index is -4.40. The van der Waals surface area contributed by atoms with Crippen molar-refractivity contribution in [1.29, 1.82) is 0 Å². The molecule has 0 saturated carbocycles. The van der Waals surface area contributed by atoms with Crippen LogP contribution in [0.1, 0.15) is 11.1 Å². The van der Waals surface area contributed by atoms with Crippen LogP contribution >= 0.6 is 0 Å². The second kappa shape index (κ2) is 6.31. The number of aromatic nitrogens is 7. The molecule has 1 aromatic carbocycles. The highest BCUT2D eigenvalue weighted by Gasteiger charge is 2.30. The first-order valence-electron chi connectivity index (χ1n) is 8.92. The molecular weight excluding hydrogens is 399 g/mol. The second-order valence-electron chi connectivity index (χ2n) is 6.87. The van der Waals surface area contributed by atoms with Crippen molar-refractivity contribution in [3.63, 3.8) is 0 Å². The number of hydrogen-bond donors (Lipinski definition) is 1. The van der Waals surface area contributed by atoms with Crippen molar-refractivity contribution in [2.75, 3.05) is 0 Å². The van der Waals surface area contributed by atoms with Gasteiger partial charge in [-0.1, -0.05) is 12.1 Å². The molecule has 0 amide bonds. The van der Waals surface area contributed by atoms with Crippen LogP contribution in [-0.2, 0) is 19.8 Å². The van der Waals surface area contributed by atoms with E-state index in [-0.39, 0.29) is 12.1 Å². The summed E-state index contributed by atoms with van der Waals surface area (Å²) in [5, 5.41) is 4.22. The third-order valence-corrected chi connectivity index (χ3v) is 4.86. The molecule has 4 aromatic heterocycles. The predicted molar refractivity (Wildman–Crippen MR) is 102 cm³/mol. The second-order valence-corrected chi connectivity index (χ2v) is 6.87. The molecule has 4 heterocycles. The van der Waals surface area contributed by atoms with Crippen LogP contribution in [0.4, 0.5) is 13.2 Å². The first kappa shape index (κ1) is 18.2. The number of halogens is 3. The Balaban J connectivity index is 1.51. The molecule has 1 N–H and O–H groups in total. The van der Waals surface area contributed by atoms with Crippen LogP contribution in [-0.4, -0.2) is 33.7 Å². The van der Waals surface area contributed by atoms with Crippen LogP contribution in [0.15, 0.2) is 53.8 Å². The predicted octanol–water partition coefficient (Wildman–Crippen LogP) is 2.84. The van der Waals surface area contributed by atoms with Gasteiger partial charge in [0.15, 0.2) is 11.2 Å². The molecule has 11 heteroatoms. The normalized spacial score (nSPS) is 12.3. The van der Waals surface area contributed by atoms with E-state index in [9.17, 15) is 18.0 Å². The molecule has 0 atom stereocenters. The summed E-state index contributed by atoms with van der Waals surface area (Å²) in [6, 6.07) is 5.11. The molecule has 0 saturated heterocycles. The molecular formula is C19H14F3N7O. The van der Waals surface area contributed by atoms with Crippen molar-refractivity contribution in [3.05, 3.63) is 70.5 Å². The summed E-state index contributed by atoms with van der Waals surface area (Å²) < 4.78 is 43.4. The van der Waals surface area contributed by atoms with Gasteiger partial charge in [0.25, 0.3) is 5.56 Å². The Morgan fingerprint density at radius 3 is 2.87 bits per heavy atom. The van der Waals surface area contributed by atoms with Gasteiger partial charge in [-0.25, -0.2) is 9.97 Å². The van der Waals surface area contributed by atoms with Crippen LogP contribution in [0.2, 0.25) is 0 Å². The Morgan fingerprint density at radius 1 is 1.23 bits per heavy atom. The quantitative estimate of drug-likeness (QED) is 0.493. The van der Waals surface area contributed by atoms with Gasteiger partial charge in [0.1, 0.15) is 5.82 Å². The minimum Gasteiger partial charge on any atom is -0.332 e. The van der Waals surface area contributed by atoms with Gasteiger partial charge in [-0.15, -0.1) is 0 Å². The summed E-state index contributed by atoms with van der Waals surface area (Å²) in [4.78, 5) is 24.2. The molecule has 5 aromatic rings. The smallest absolute Gasteiger partial charge is 0.332 e. The maximum absolute atomic E-state index is 12.9. The lowest BCUT2D eigenvalue weighted by Gasteiger charge is -2.08. The number of hydrogen-bond acceptors (Lipinski definition) is 4. The van der Waals surface area contributed by atoms with Crippen LogP contribution in [0.25, 0.3) is 28.3 Å². The Hall–Kier alpha value is -3.89. The average molecular weight is 413 g/mol. The molecule has 0 bridgehead atoms.